The molecule has 1 N–H and O–H groups in total. The molecule has 0 radical (unpaired) electrons. The molecule has 2 aliphatic rings. The summed E-state index contributed by atoms with van der Waals surface area (Å²) in [6.07, 6.45) is 0.835. The summed E-state index contributed by atoms with van der Waals surface area (Å²) in [6, 6.07) is 11.9. The van der Waals surface area contributed by atoms with E-state index in [2.05, 4.69) is 33.8 Å². The number of methoxy groups -OCH3 is 1. The maximum absolute atomic E-state index is 13.5. The molecule has 5 rings (SSSR count). The molecule has 0 spiro atoms. The summed E-state index contributed by atoms with van der Waals surface area (Å²) in [5, 5.41) is 1.14. The lowest BCUT2D eigenvalue weighted by atomic mass is 9.89. The van der Waals surface area contributed by atoms with Crippen LogP contribution in [0, 0.1) is 31.2 Å². The third-order valence-corrected chi connectivity index (χ3v) is 7.47. The van der Waals surface area contributed by atoms with Crippen molar-refractivity contribution >= 4 is 16.6 Å². The summed E-state index contributed by atoms with van der Waals surface area (Å²) in [4.78, 5) is 9.27. The van der Waals surface area contributed by atoms with Crippen molar-refractivity contribution in [1.82, 2.24) is 9.88 Å². The first-order valence-electron chi connectivity index (χ1n) is 11.1. The van der Waals surface area contributed by atoms with Gasteiger partial charge >= 0.3 is 0 Å². The minimum absolute atomic E-state index is 0.0588. The van der Waals surface area contributed by atoms with Gasteiger partial charge in [-0.3, -0.25) is 4.90 Å². The number of fused-ring (bicyclic) bond motifs is 2. The maximum atomic E-state index is 13.5. The molecular formula is C26H27F2N3O. The van der Waals surface area contributed by atoms with Crippen LogP contribution in [-0.2, 0) is 6.54 Å². The van der Waals surface area contributed by atoms with E-state index >= 15 is 0 Å². The lowest BCUT2D eigenvalue weighted by Crippen LogP contribution is -2.27. The van der Waals surface area contributed by atoms with Gasteiger partial charge in [0.05, 0.1) is 13.7 Å². The van der Waals surface area contributed by atoms with Crippen molar-refractivity contribution in [2.45, 2.75) is 38.8 Å². The number of ether oxygens (including phenoxy) is 1. The smallest absolute Gasteiger partial charge is 0.241 e. The number of rotatable bonds is 5. The third-order valence-electron chi connectivity index (χ3n) is 7.47. The van der Waals surface area contributed by atoms with Gasteiger partial charge in [0.2, 0.25) is 6.43 Å². The van der Waals surface area contributed by atoms with Gasteiger partial charge in [0.1, 0.15) is 5.75 Å². The van der Waals surface area contributed by atoms with Crippen molar-refractivity contribution < 1.29 is 13.5 Å². The molecule has 32 heavy (non-hydrogen) atoms. The van der Waals surface area contributed by atoms with Crippen molar-refractivity contribution in [3.63, 3.8) is 0 Å². The Balaban J connectivity index is 1.53. The Bertz CT molecular complexity index is 1160. The van der Waals surface area contributed by atoms with Gasteiger partial charge in [-0.15, -0.1) is 0 Å². The van der Waals surface area contributed by atoms with E-state index in [9.17, 15) is 8.78 Å². The largest absolute Gasteiger partial charge is 0.496 e. The molecular weight excluding hydrogens is 408 g/mol. The second-order valence-electron chi connectivity index (χ2n) is 9.21. The molecule has 1 aliphatic carbocycles. The van der Waals surface area contributed by atoms with Crippen molar-refractivity contribution in [3.05, 3.63) is 70.7 Å². The first kappa shape index (κ1) is 21.0. The van der Waals surface area contributed by atoms with Gasteiger partial charge in [-0.2, -0.15) is 0 Å². The van der Waals surface area contributed by atoms with E-state index in [-0.39, 0.29) is 17.9 Å². The Hall–Kier alpha value is -2.91. The first-order chi connectivity index (χ1) is 15.5. The van der Waals surface area contributed by atoms with Crippen LogP contribution in [0.4, 0.5) is 14.5 Å². The van der Waals surface area contributed by atoms with Crippen LogP contribution in [0.5, 0.6) is 5.75 Å². The standard InChI is InChI=1S/C26H27F2N3O/c1-15-10-23(32-3)22(20-8-9-30-24(15)20)14-31-13-18-11-17(26(27)28)12-21(18)25(31)16-4-6-19(29-2)7-5-16/h4-10,17-18,21,25-26,30H,11-14H2,1,3H3. The summed E-state index contributed by atoms with van der Waals surface area (Å²) >= 11 is 0. The molecule has 1 saturated carbocycles. The lowest BCUT2D eigenvalue weighted by molar-refractivity contribution is 0.0692. The van der Waals surface area contributed by atoms with Gasteiger partial charge in [0.15, 0.2) is 5.69 Å². The van der Waals surface area contributed by atoms with Crippen LogP contribution in [0.15, 0.2) is 42.6 Å². The topological polar surface area (TPSA) is 32.6 Å². The number of likely N-dealkylation sites (tertiary alicyclic amines) is 1. The van der Waals surface area contributed by atoms with E-state index < -0.39 is 12.3 Å². The number of benzene rings is 2. The number of nitrogens with one attached hydrogen (secondary N) is 1. The maximum Gasteiger partial charge on any atom is 0.241 e. The van der Waals surface area contributed by atoms with Crippen LogP contribution in [-0.4, -0.2) is 30.0 Å². The molecule has 4 unspecified atom stereocenters. The minimum Gasteiger partial charge on any atom is -0.496 e. The second kappa shape index (κ2) is 8.22. The van der Waals surface area contributed by atoms with E-state index in [0.717, 1.165) is 39.9 Å². The highest BCUT2D eigenvalue weighted by molar-refractivity contribution is 5.88. The van der Waals surface area contributed by atoms with Crippen LogP contribution >= 0.6 is 0 Å². The van der Waals surface area contributed by atoms with Crippen LogP contribution in [0.25, 0.3) is 15.7 Å². The van der Waals surface area contributed by atoms with E-state index in [4.69, 9.17) is 11.3 Å². The average Bonchev–Trinajstić information content (AvgIpc) is 3.50. The van der Waals surface area contributed by atoms with Crippen molar-refractivity contribution in [1.29, 1.82) is 0 Å². The number of halogens is 2. The van der Waals surface area contributed by atoms with Gasteiger partial charge in [-0.25, -0.2) is 13.6 Å². The second-order valence-corrected chi connectivity index (χ2v) is 9.21. The number of aromatic amines is 1. The fraction of sp³-hybridized carbons (Fsp3) is 0.423. The lowest BCUT2D eigenvalue weighted by Gasteiger charge is -2.30. The van der Waals surface area contributed by atoms with Crippen LogP contribution in [0.2, 0.25) is 0 Å². The van der Waals surface area contributed by atoms with Gasteiger partial charge < -0.3 is 9.72 Å². The molecule has 0 bridgehead atoms. The van der Waals surface area contributed by atoms with Crippen LogP contribution < -0.4 is 4.74 Å². The van der Waals surface area contributed by atoms with Crippen molar-refractivity contribution in [2.75, 3.05) is 13.7 Å². The summed E-state index contributed by atoms with van der Waals surface area (Å²) in [6.45, 7) is 10.8. The van der Waals surface area contributed by atoms with Crippen molar-refractivity contribution in [3.8, 4) is 5.75 Å². The highest BCUT2D eigenvalue weighted by atomic mass is 19.3. The number of hydrogen-bond donors (Lipinski definition) is 1. The number of alkyl halides is 2. The predicted octanol–water partition coefficient (Wildman–Crippen LogP) is 6.50. The molecule has 2 aromatic carbocycles. The fourth-order valence-corrected chi connectivity index (χ4v) is 6.04. The SMILES string of the molecule is [C-]#[N+]c1ccc(C2C3CC(C(F)F)CC3CN2Cc2c(OC)cc(C)c3[nH]ccc23)cc1. The first-order valence-corrected chi connectivity index (χ1v) is 11.1. The molecule has 2 fully saturated rings. The molecule has 4 atom stereocenters. The molecule has 166 valence electrons. The Morgan fingerprint density at radius 1 is 1.22 bits per heavy atom. The molecule has 3 aromatic rings. The fourth-order valence-electron chi connectivity index (χ4n) is 6.04. The van der Waals surface area contributed by atoms with Gasteiger partial charge in [-0.05, 0) is 54.9 Å². The van der Waals surface area contributed by atoms with Gasteiger partial charge in [0, 0.05) is 47.7 Å². The Labute approximate surface area is 187 Å². The van der Waals surface area contributed by atoms with E-state index in [1.807, 2.05) is 30.5 Å². The van der Waals surface area contributed by atoms with Gasteiger partial charge in [-0.1, -0.05) is 24.3 Å². The van der Waals surface area contributed by atoms with E-state index in [0.29, 0.717) is 25.1 Å². The summed E-state index contributed by atoms with van der Waals surface area (Å²) in [7, 11) is 1.70. The molecule has 0 amide bonds. The zero-order chi connectivity index (χ0) is 22.4. The summed E-state index contributed by atoms with van der Waals surface area (Å²) < 4.78 is 32.8. The van der Waals surface area contributed by atoms with Crippen LogP contribution in [0.3, 0.4) is 0 Å². The van der Waals surface area contributed by atoms with Gasteiger partial charge in [0.25, 0.3) is 0 Å². The van der Waals surface area contributed by atoms with Crippen LogP contribution in [0.1, 0.15) is 35.6 Å². The molecule has 1 saturated heterocycles. The number of aryl methyl sites for hydroxylation is 1. The average molecular weight is 436 g/mol. The number of hydrogen-bond acceptors (Lipinski definition) is 2. The quantitative estimate of drug-likeness (QED) is 0.464. The zero-order valence-electron chi connectivity index (χ0n) is 18.3. The molecule has 1 aromatic heterocycles. The Kier molecular flexibility index (Phi) is 5.38. The Morgan fingerprint density at radius 3 is 2.69 bits per heavy atom. The van der Waals surface area contributed by atoms with E-state index in [1.54, 1.807) is 7.11 Å². The minimum atomic E-state index is -2.25. The Morgan fingerprint density at radius 2 is 2.00 bits per heavy atom. The number of nitrogens with zero attached hydrogens (tertiary/aromatic N) is 2. The molecule has 6 heteroatoms. The predicted molar refractivity (Wildman–Crippen MR) is 121 cm³/mol. The molecule has 1 aliphatic heterocycles. The normalized spacial score (nSPS) is 25.4. The van der Waals surface area contributed by atoms with E-state index in [1.165, 1.54) is 0 Å². The molecule has 4 nitrogen and oxygen atoms in total. The summed E-state index contributed by atoms with van der Waals surface area (Å²) in [5.74, 6) is 0.810. The zero-order valence-corrected chi connectivity index (χ0v) is 18.3. The third kappa shape index (κ3) is 3.45. The highest BCUT2D eigenvalue weighted by Gasteiger charge is 2.49. The monoisotopic (exact) mass is 435 g/mol. The highest BCUT2D eigenvalue weighted by Crippen LogP contribution is 2.53. The number of aromatic nitrogens is 1. The van der Waals surface area contributed by atoms with Crippen molar-refractivity contribution in [2.24, 2.45) is 17.8 Å². The summed E-state index contributed by atoms with van der Waals surface area (Å²) in [5.41, 5.74) is 5.07. The molecule has 2 heterocycles. The number of H-pyrrole nitrogens is 1.